The molecule has 0 aliphatic rings. The quantitative estimate of drug-likeness (QED) is 0.402. The van der Waals surface area contributed by atoms with Gasteiger partial charge in [0.2, 0.25) is 0 Å². The Morgan fingerprint density at radius 1 is 1.11 bits per heavy atom. The first-order chi connectivity index (χ1) is 9.21. The van der Waals surface area contributed by atoms with E-state index in [4.69, 9.17) is 9.47 Å². The summed E-state index contributed by atoms with van der Waals surface area (Å²) in [6.45, 7) is 4.25. The van der Waals surface area contributed by atoms with Gasteiger partial charge in [-0.05, 0) is 30.5 Å². The van der Waals surface area contributed by atoms with Crippen molar-refractivity contribution in [1.82, 2.24) is 0 Å². The minimum Gasteiger partial charge on any atom is -0.493 e. The SMILES string of the molecule is CCCCCC(=O)Oc1ccc(CCC)cc1OC. The maximum absolute atomic E-state index is 11.7. The standard InChI is InChI=1S/C16H24O3/c1-4-6-7-9-16(17)19-14-11-10-13(8-5-2)12-15(14)18-3/h10-12H,4-9H2,1-3H3. The van der Waals surface area contributed by atoms with E-state index in [2.05, 4.69) is 13.8 Å². The van der Waals surface area contributed by atoms with Gasteiger partial charge in [-0.25, -0.2) is 0 Å². The molecule has 106 valence electrons. The zero-order valence-electron chi connectivity index (χ0n) is 12.2. The molecule has 0 bridgehead atoms. The molecule has 0 atom stereocenters. The second-order valence-electron chi connectivity index (χ2n) is 4.67. The van der Waals surface area contributed by atoms with Crippen LogP contribution in [0.25, 0.3) is 0 Å². The van der Waals surface area contributed by atoms with Crippen LogP contribution >= 0.6 is 0 Å². The molecule has 0 fully saturated rings. The number of benzene rings is 1. The van der Waals surface area contributed by atoms with Gasteiger partial charge in [-0.1, -0.05) is 39.2 Å². The molecule has 3 nitrogen and oxygen atoms in total. The number of rotatable bonds is 8. The van der Waals surface area contributed by atoms with Crippen molar-refractivity contribution in [2.75, 3.05) is 7.11 Å². The summed E-state index contributed by atoms with van der Waals surface area (Å²) in [6.07, 6.45) is 5.59. The molecule has 0 amide bonds. The summed E-state index contributed by atoms with van der Waals surface area (Å²) in [5.41, 5.74) is 1.20. The van der Waals surface area contributed by atoms with Crippen molar-refractivity contribution in [2.24, 2.45) is 0 Å². The Kier molecular flexibility index (Phi) is 7.01. The van der Waals surface area contributed by atoms with Gasteiger partial charge in [0, 0.05) is 6.42 Å². The fourth-order valence-electron chi connectivity index (χ4n) is 1.93. The van der Waals surface area contributed by atoms with E-state index in [1.54, 1.807) is 7.11 Å². The van der Waals surface area contributed by atoms with E-state index in [0.29, 0.717) is 17.9 Å². The zero-order valence-corrected chi connectivity index (χ0v) is 12.2. The monoisotopic (exact) mass is 264 g/mol. The molecular weight excluding hydrogens is 240 g/mol. The van der Waals surface area contributed by atoms with Crippen LogP contribution in [0.1, 0.15) is 51.5 Å². The van der Waals surface area contributed by atoms with Gasteiger partial charge in [0.25, 0.3) is 0 Å². The first kappa shape index (κ1) is 15.5. The van der Waals surface area contributed by atoms with Crippen molar-refractivity contribution in [1.29, 1.82) is 0 Å². The Hall–Kier alpha value is -1.51. The molecule has 19 heavy (non-hydrogen) atoms. The van der Waals surface area contributed by atoms with E-state index in [-0.39, 0.29) is 5.97 Å². The molecule has 0 aliphatic carbocycles. The highest BCUT2D eigenvalue weighted by atomic mass is 16.6. The summed E-state index contributed by atoms with van der Waals surface area (Å²) in [6, 6.07) is 5.75. The van der Waals surface area contributed by atoms with E-state index in [1.165, 1.54) is 5.56 Å². The highest BCUT2D eigenvalue weighted by molar-refractivity contribution is 5.73. The number of aryl methyl sites for hydroxylation is 1. The molecule has 1 aromatic rings. The number of carbonyl (C=O) groups is 1. The molecule has 0 aromatic heterocycles. The van der Waals surface area contributed by atoms with Crippen LogP contribution in [0.3, 0.4) is 0 Å². The van der Waals surface area contributed by atoms with Crippen molar-refractivity contribution < 1.29 is 14.3 Å². The third kappa shape index (κ3) is 5.33. The van der Waals surface area contributed by atoms with Crippen LogP contribution in [0.2, 0.25) is 0 Å². The normalized spacial score (nSPS) is 10.3. The molecule has 0 radical (unpaired) electrons. The lowest BCUT2D eigenvalue weighted by molar-refractivity contribution is -0.134. The number of unbranched alkanes of at least 4 members (excludes halogenated alkanes) is 2. The Morgan fingerprint density at radius 2 is 1.89 bits per heavy atom. The predicted molar refractivity (Wildman–Crippen MR) is 76.8 cm³/mol. The van der Waals surface area contributed by atoms with Gasteiger partial charge >= 0.3 is 5.97 Å². The van der Waals surface area contributed by atoms with E-state index < -0.39 is 0 Å². The minimum absolute atomic E-state index is 0.185. The van der Waals surface area contributed by atoms with Crippen LogP contribution in [0, 0.1) is 0 Å². The largest absolute Gasteiger partial charge is 0.493 e. The summed E-state index contributed by atoms with van der Waals surface area (Å²) in [5.74, 6) is 0.966. The minimum atomic E-state index is -0.185. The van der Waals surface area contributed by atoms with Crippen molar-refractivity contribution in [2.45, 2.75) is 52.4 Å². The maximum Gasteiger partial charge on any atom is 0.311 e. The molecule has 0 saturated heterocycles. The summed E-state index contributed by atoms with van der Waals surface area (Å²) < 4.78 is 10.6. The Morgan fingerprint density at radius 3 is 2.53 bits per heavy atom. The topological polar surface area (TPSA) is 35.5 Å². The van der Waals surface area contributed by atoms with Crippen LogP contribution in [0.15, 0.2) is 18.2 Å². The molecule has 0 unspecified atom stereocenters. The van der Waals surface area contributed by atoms with Crippen LogP contribution in [-0.2, 0) is 11.2 Å². The van der Waals surface area contributed by atoms with Gasteiger partial charge in [-0.3, -0.25) is 4.79 Å². The lowest BCUT2D eigenvalue weighted by Crippen LogP contribution is -2.08. The Labute approximate surface area is 115 Å². The first-order valence-corrected chi connectivity index (χ1v) is 7.08. The highest BCUT2D eigenvalue weighted by Crippen LogP contribution is 2.29. The molecule has 0 aliphatic heterocycles. The Bertz CT molecular complexity index is 399. The molecule has 3 heteroatoms. The zero-order chi connectivity index (χ0) is 14.1. The van der Waals surface area contributed by atoms with Crippen molar-refractivity contribution >= 4 is 5.97 Å². The van der Waals surface area contributed by atoms with Gasteiger partial charge in [-0.15, -0.1) is 0 Å². The lowest BCUT2D eigenvalue weighted by atomic mass is 10.1. The smallest absolute Gasteiger partial charge is 0.311 e. The van der Waals surface area contributed by atoms with Gasteiger partial charge in [0.05, 0.1) is 7.11 Å². The molecular formula is C16H24O3. The number of carbonyl (C=O) groups excluding carboxylic acids is 1. The third-order valence-electron chi connectivity index (χ3n) is 2.97. The van der Waals surface area contributed by atoms with E-state index in [1.807, 2.05) is 18.2 Å². The average Bonchev–Trinajstić information content (AvgIpc) is 2.41. The average molecular weight is 264 g/mol. The van der Waals surface area contributed by atoms with Gasteiger partial charge in [0.15, 0.2) is 11.5 Å². The summed E-state index contributed by atoms with van der Waals surface area (Å²) in [4.78, 5) is 11.7. The number of methoxy groups -OCH3 is 1. The first-order valence-electron chi connectivity index (χ1n) is 7.08. The van der Waals surface area contributed by atoms with E-state index in [0.717, 1.165) is 32.1 Å². The van der Waals surface area contributed by atoms with E-state index in [9.17, 15) is 4.79 Å². The highest BCUT2D eigenvalue weighted by Gasteiger charge is 2.10. The lowest BCUT2D eigenvalue weighted by Gasteiger charge is -2.10. The third-order valence-corrected chi connectivity index (χ3v) is 2.97. The Balaban J connectivity index is 2.64. The number of esters is 1. The van der Waals surface area contributed by atoms with Crippen LogP contribution < -0.4 is 9.47 Å². The summed E-state index contributed by atoms with van der Waals surface area (Å²) in [5, 5.41) is 0. The molecule has 0 spiro atoms. The van der Waals surface area contributed by atoms with Gasteiger partial charge in [-0.2, -0.15) is 0 Å². The number of hydrogen-bond acceptors (Lipinski definition) is 3. The van der Waals surface area contributed by atoms with Crippen molar-refractivity contribution in [3.8, 4) is 11.5 Å². The van der Waals surface area contributed by atoms with Crippen LogP contribution in [-0.4, -0.2) is 13.1 Å². The number of ether oxygens (including phenoxy) is 2. The fourth-order valence-corrected chi connectivity index (χ4v) is 1.93. The second kappa shape index (κ2) is 8.57. The van der Waals surface area contributed by atoms with E-state index >= 15 is 0 Å². The molecule has 0 N–H and O–H groups in total. The fraction of sp³-hybridized carbons (Fsp3) is 0.562. The van der Waals surface area contributed by atoms with Crippen LogP contribution in [0.5, 0.6) is 11.5 Å². The maximum atomic E-state index is 11.7. The molecule has 0 saturated carbocycles. The summed E-state index contributed by atoms with van der Waals surface area (Å²) >= 11 is 0. The summed E-state index contributed by atoms with van der Waals surface area (Å²) in [7, 11) is 1.60. The van der Waals surface area contributed by atoms with Crippen molar-refractivity contribution in [3.63, 3.8) is 0 Å². The second-order valence-corrected chi connectivity index (χ2v) is 4.67. The molecule has 0 heterocycles. The number of hydrogen-bond donors (Lipinski definition) is 0. The predicted octanol–water partition coefficient (Wildman–Crippen LogP) is 4.13. The van der Waals surface area contributed by atoms with Crippen molar-refractivity contribution in [3.05, 3.63) is 23.8 Å². The van der Waals surface area contributed by atoms with Gasteiger partial charge < -0.3 is 9.47 Å². The molecule has 1 rings (SSSR count). The van der Waals surface area contributed by atoms with Gasteiger partial charge in [0.1, 0.15) is 0 Å². The van der Waals surface area contributed by atoms with Crippen LogP contribution in [0.4, 0.5) is 0 Å². The molecule has 1 aromatic carbocycles.